The van der Waals surface area contributed by atoms with Crippen molar-refractivity contribution in [2.24, 2.45) is 11.8 Å². The van der Waals surface area contributed by atoms with E-state index in [9.17, 15) is 5.11 Å². The third-order valence-electron chi connectivity index (χ3n) is 4.54. The molecule has 3 atom stereocenters. The third-order valence-corrected chi connectivity index (χ3v) is 4.54. The van der Waals surface area contributed by atoms with Crippen molar-refractivity contribution in [3.8, 4) is 0 Å². The molecule has 0 aromatic carbocycles. The highest BCUT2D eigenvalue weighted by atomic mass is 31.0. The molecule has 1 N–H and O–H groups in total. The second kappa shape index (κ2) is 13.1. The van der Waals surface area contributed by atoms with Crippen molar-refractivity contribution in [3.05, 3.63) is 0 Å². The van der Waals surface area contributed by atoms with Gasteiger partial charge in [0.05, 0.1) is 5.60 Å². The molecule has 0 aromatic heterocycles. The van der Waals surface area contributed by atoms with E-state index in [0.29, 0.717) is 11.8 Å². The molecule has 0 saturated carbocycles. The van der Waals surface area contributed by atoms with E-state index in [4.69, 9.17) is 0 Å². The topological polar surface area (TPSA) is 20.2 Å². The molecule has 0 rings (SSSR count). The molecule has 0 radical (unpaired) electrons. The molecule has 1 nitrogen and oxygen atoms in total. The van der Waals surface area contributed by atoms with Crippen LogP contribution >= 0.6 is 9.90 Å². The molecule has 0 heterocycles. The van der Waals surface area contributed by atoms with Gasteiger partial charge in [-0.1, -0.05) is 79.1 Å². The molecule has 124 valence electrons. The lowest BCUT2D eigenvalue weighted by Crippen LogP contribution is -2.30. The first-order valence-electron chi connectivity index (χ1n) is 8.71. The largest absolute Gasteiger partial charge is 0.390 e. The summed E-state index contributed by atoms with van der Waals surface area (Å²) in [5.41, 5.74) is -0.456. The van der Waals surface area contributed by atoms with Gasteiger partial charge in [0.1, 0.15) is 0 Å². The summed E-state index contributed by atoms with van der Waals surface area (Å²) in [5.74, 6) is 1.41. The van der Waals surface area contributed by atoms with Gasteiger partial charge in [-0.3, -0.25) is 0 Å². The minimum absolute atomic E-state index is 0. The summed E-state index contributed by atoms with van der Waals surface area (Å²) in [6.07, 6.45) is 12.1. The first kappa shape index (κ1) is 22.7. The van der Waals surface area contributed by atoms with E-state index >= 15 is 0 Å². The molecule has 3 unspecified atom stereocenters. The first-order chi connectivity index (χ1) is 8.99. The van der Waals surface area contributed by atoms with E-state index in [1.165, 1.54) is 51.4 Å². The predicted octanol–water partition coefficient (Wildman–Crippen LogP) is 6.01. The molecule has 0 aromatic rings. The first-order valence-corrected chi connectivity index (χ1v) is 8.71. The minimum Gasteiger partial charge on any atom is -0.390 e. The van der Waals surface area contributed by atoms with Crippen LogP contribution in [-0.4, -0.2) is 10.7 Å². The van der Waals surface area contributed by atoms with Crippen LogP contribution in [0.1, 0.15) is 98.8 Å². The molecule has 0 fully saturated rings. The smallest absolute Gasteiger partial charge is 0.0625 e. The van der Waals surface area contributed by atoms with Crippen molar-refractivity contribution < 1.29 is 5.11 Å². The zero-order chi connectivity index (χ0) is 14.7. The summed E-state index contributed by atoms with van der Waals surface area (Å²) in [6, 6.07) is 0. The molecule has 20 heavy (non-hydrogen) atoms. The maximum absolute atomic E-state index is 10.7. The molecule has 2 heteroatoms. The number of hydrogen-bond donors (Lipinski definition) is 1. The molecule has 0 aliphatic rings. The Hall–Kier alpha value is 0.390. The number of aliphatic hydroxyl groups is 1. The highest BCUT2D eigenvalue weighted by Crippen LogP contribution is 2.31. The average molecular weight is 304 g/mol. The summed E-state index contributed by atoms with van der Waals surface area (Å²) in [6.45, 7) is 11.1. The Morgan fingerprint density at radius 2 is 1.15 bits per heavy atom. The predicted molar refractivity (Wildman–Crippen MR) is 97.6 cm³/mol. The SMILES string of the molecule is CCCCC(CC)CC(C)(O)CC(CC)CCCC.P. The van der Waals surface area contributed by atoms with E-state index in [1.807, 2.05) is 0 Å². The Kier molecular flexibility index (Phi) is 14.8. The zero-order valence-corrected chi connectivity index (χ0v) is 16.3. The van der Waals surface area contributed by atoms with Gasteiger partial charge in [0, 0.05) is 0 Å². The molecular weight excluding hydrogens is 263 g/mol. The van der Waals surface area contributed by atoms with Gasteiger partial charge in [0.25, 0.3) is 0 Å². The summed E-state index contributed by atoms with van der Waals surface area (Å²) in [7, 11) is 0. The summed E-state index contributed by atoms with van der Waals surface area (Å²) in [4.78, 5) is 0. The maximum Gasteiger partial charge on any atom is 0.0625 e. The average Bonchev–Trinajstić information content (AvgIpc) is 2.39. The maximum atomic E-state index is 10.7. The summed E-state index contributed by atoms with van der Waals surface area (Å²) >= 11 is 0. The minimum atomic E-state index is -0.456. The van der Waals surface area contributed by atoms with Crippen molar-refractivity contribution in [2.75, 3.05) is 0 Å². The van der Waals surface area contributed by atoms with E-state index < -0.39 is 5.60 Å². The van der Waals surface area contributed by atoms with Crippen molar-refractivity contribution in [1.29, 1.82) is 0 Å². The number of rotatable bonds is 12. The Labute approximate surface area is 131 Å². The fourth-order valence-electron chi connectivity index (χ4n) is 3.21. The summed E-state index contributed by atoms with van der Waals surface area (Å²) in [5, 5.41) is 10.7. The fraction of sp³-hybridized carbons (Fsp3) is 1.00. The second-order valence-electron chi connectivity index (χ2n) is 6.74. The van der Waals surface area contributed by atoms with Gasteiger partial charge in [-0.05, 0) is 31.6 Å². The van der Waals surface area contributed by atoms with E-state index in [1.54, 1.807) is 0 Å². The molecule has 0 aliphatic heterocycles. The lowest BCUT2D eigenvalue weighted by molar-refractivity contribution is 0.00616. The Morgan fingerprint density at radius 1 is 0.800 bits per heavy atom. The van der Waals surface area contributed by atoms with Crippen LogP contribution in [0.15, 0.2) is 0 Å². The lowest BCUT2D eigenvalue weighted by Gasteiger charge is -2.31. The second-order valence-corrected chi connectivity index (χ2v) is 6.74. The van der Waals surface area contributed by atoms with Gasteiger partial charge in [0.15, 0.2) is 0 Å². The van der Waals surface area contributed by atoms with Crippen LogP contribution in [0.25, 0.3) is 0 Å². The van der Waals surface area contributed by atoms with Crippen LogP contribution < -0.4 is 0 Å². The van der Waals surface area contributed by atoms with Gasteiger partial charge in [-0.15, -0.1) is 0 Å². The van der Waals surface area contributed by atoms with E-state index in [-0.39, 0.29) is 9.90 Å². The van der Waals surface area contributed by atoms with Crippen molar-refractivity contribution >= 4 is 9.90 Å². The van der Waals surface area contributed by atoms with Gasteiger partial charge in [0.2, 0.25) is 0 Å². The normalized spacial score (nSPS) is 17.1. The van der Waals surface area contributed by atoms with Gasteiger partial charge in [-0.2, -0.15) is 9.90 Å². The zero-order valence-electron chi connectivity index (χ0n) is 14.9. The highest BCUT2D eigenvalue weighted by Gasteiger charge is 2.27. The Morgan fingerprint density at radius 3 is 1.40 bits per heavy atom. The summed E-state index contributed by atoms with van der Waals surface area (Å²) < 4.78 is 0. The molecule has 0 saturated heterocycles. The Balaban J connectivity index is 0. The van der Waals surface area contributed by atoms with Crippen LogP contribution in [0.5, 0.6) is 0 Å². The molecule has 0 bridgehead atoms. The van der Waals surface area contributed by atoms with Crippen LogP contribution in [0.4, 0.5) is 0 Å². The van der Waals surface area contributed by atoms with Gasteiger partial charge < -0.3 is 5.11 Å². The highest BCUT2D eigenvalue weighted by molar-refractivity contribution is 6.92. The Bertz CT molecular complexity index is 184. The molecular formula is C18H41OP. The van der Waals surface area contributed by atoms with Crippen molar-refractivity contribution in [2.45, 2.75) is 104 Å². The number of hydrogen-bond acceptors (Lipinski definition) is 1. The van der Waals surface area contributed by atoms with Crippen LogP contribution in [0.2, 0.25) is 0 Å². The standard InChI is InChI=1S/C18H38O.H3P/c1-6-10-12-16(8-3)14-18(5,19)15-17(9-4)13-11-7-2;/h16-17,19H,6-15H2,1-5H3;1H3. The van der Waals surface area contributed by atoms with Crippen molar-refractivity contribution in [3.63, 3.8) is 0 Å². The number of unbranched alkanes of at least 4 members (excludes halogenated alkanes) is 2. The van der Waals surface area contributed by atoms with Crippen LogP contribution in [0, 0.1) is 11.8 Å². The molecule has 0 spiro atoms. The van der Waals surface area contributed by atoms with E-state index in [0.717, 1.165) is 12.8 Å². The van der Waals surface area contributed by atoms with Crippen molar-refractivity contribution in [1.82, 2.24) is 0 Å². The van der Waals surface area contributed by atoms with Gasteiger partial charge >= 0.3 is 0 Å². The van der Waals surface area contributed by atoms with Crippen LogP contribution in [-0.2, 0) is 0 Å². The van der Waals surface area contributed by atoms with Gasteiger partial charge in [-0.25, -0.2) is 0 Å². The monoisotopic (exact) mass is 304 g/mol. The fourth-order valence-corrected chi connectivity index (χ4v) is 3.21. The van der Waals surface area contributed by atoms with E-state index in [2.05, 4.69) is 34.6 Å². The lowest BCUT2D eigenvalue weighted by atomic mass is 9.80. The molecule has 0 aliphatic carbocycles. The quantitative estimate of drug-likeness (QED) is 0.438. The third kappa shape index (κ3) is 11.1. The molecule has 0 amide bonds. The van der Waals surface area contributed by atoms with Crippen LogP contribution in [0.3, 0.4) is 0 Å².